The summed E-state index contributed by atoms with van der Waals surface area (Å²) in [7, 11) is 0. The molecule has 6 rings (SSSR count). The van der Waals surface area contributed by atoms with Crippen LogP contribution in [0.15, 0.2) is 70.5 Å². The van der Waals surface area contributed by atoms with Gasteiger partial charge in [-0.1, -0.05) is 41.8 Å². The monoisotopic (exact) mass is 625 g/mol. The third-order valence-corrected chi connectivity index (χ3v) is 7.81. The van der Waals surface area contributed by atoms with Crippen LogP contribution >= 0.6 is 23.2 Å². The van der Waals surface area contributed by atoms with Crippen LogP contribution in [-0.2, 0) is 4.79 Å². The Bertz CT molecular complexity index is 1890. The molecule has 0 aliphatic carbocycles. The molecule has 0 saturated carbocycles. The van der Waals surface area contributed by atoms with Gasteiger partial charge in [0.25, 0.3) is 0 Å². The number of aromatic nitrogens is 6. The van der Waals surface area contributed by atoms with E-state index in [1.165, 1.54) is 35.6 Å². The summed E-state index contributed by atoms with van der Waals surface area (Å²) in [6, 6.07) is 9.57. The largest absolute Gasteiger partial charge is 0.464 e. The Labute approximate surface area is 253 Å². The zero-order chi connectivity index (χ0) is 30.2. The summed E-state index contributed by atoms with van der Waals surface area (Å²) < 4.78 is 35.8. The van der Waals surface area contributed by atoms with Gasteiger partial charge in [-0.3, -0.25) is 14.6 Å². The summed E-state index contributed by atoms with van der Waals surface area (Å²) in [5.41, 5.74) is 2.11. The Kier molecular flexibility index (Phi) is 7.80. The molecule has 5 aromatic rings. The molecule has 0 spiro atoms. The molecule has 1 aliphatic heterocycles. The van der Waals surface area contributed by atoms with E-state index in [9.17, 15) is 18.4 Å². The first-order chi connectivity index (χ1) is 20.7. The Hall–Kier alpha value is -4.42. The summed E-state index contributed by atoms with van der Waals surface area (Å²) in [6.45, 7) is -1.18. The highest BCUT2D eigenvalue weighted by atomic mass is 35.5. The summed E-state index contributed by atoms with van der Waals surface area (Å²) in [4.78, 5) is 31.1. The van der Waals surface area contributed by atoms with Crippen molar-refractivity contribution in [2.45, 2.75) is 38.7 Å². The first-order valence-electron chi connectivity index (χ1n) is 13.3. The van der Waals surface area contributed by atoms with Crippen LogP contribution < -0.4 is 10.7 Å². The molecule has 1 N–H and O–H groups in total. The van der Waals surface area contributed by atoms with Crippen LogP contribution in [0.2, 0.25) is 10.2 Å². The van der Waals surface area contributed by atoms with Gasteiger partial charge >= 0.3 is 6.55 Å². The predicted octanol–water partition coefficient (Wildman–Crippen LogP) is 6.74. The summed E-state index contributed by atoms with van der Waals surface area (Å²) in [5, 5.41) is 15.0. The van der Waals surface area contributed by atoms with E-state index in [0.29, 0.717) is 57.0 Å². The molecule has 10 nitrogen and oxygen atoms in total. The first kappa shape index (κ1) is 28.7. The van der Waals surface area contributed by atoms with E-state index < -0.39 is 18.4 Å². The normalized spacial score (nSPS) is 17.2. The quantitative estimate of drug-likeness (QED) is 0.235. The van der Waals surface area contributed by atoms with E-state index >= 15 is 0 Å². The molecule has 0 fully saturated rings. The second-order valence-corrected chi connectivity index (χ2v) is 11.0. The van der Waals surface area contributed by atoms with Gasteiger partial charge in [0.05, 0.1) is 35.7 Å². The summed E-state index contributed by atoms with van der Waals surface area (Å²) in [6.07, 6.45) is 7.12. The first-order valence-corrected chi connectivity index (χ1v) is 14.1. The van der Waals surface area contributed by atoms with Crippen LogP contribution in [0.5, 0.6) is 0 Å². The van der Waals surface area contributed by atoms with Gasteiger partial charge in [-0.25, -0.2) is 9.36 Å². The van der Waals surface area contributed by atoms with Crippen molar-refractivity contribution in [3.63, 3.8) is 0 Å². The Morgan fingerprint density at radius 1 is 1.12 bits per heavy atom. The van der Waals surface area contributed by atoms with Crippen molar-refractivity contribution in [2.75, 3.05) is 5.32 Å². The Morgan fingerprint density at radius 2 is 1.95 bits per heavy atom. The molecule has 14 heteroatoms. The van der Waals surface area contributed by atoms with Crippen molar-refractivity contribution in [1.82, 2.24) is 29.8 Å². The summed E-state index contributed by atoms with van der Waals surface area (Å²) >= 11 is 12.2. The number of carbonyl (C=O) groups excluding carboxylic acids is 1. The van der Waals surface area contributed by atoms with Crippen molar-refractivity contribution < 1.29 is 18.0 Å². The lowest BCUT2D eigenvalue weighted by Gasteiger charge is -2.20. The molecule has 4 aromatic heterocycles. The smallest absolute Gasteiger partial charge is 0.333 e. The van der Waals surface area contributed by atoms with Crippen molar-refractivity contribution in [2.24, 2.45) is 5.92 Å². The van der Waals surface area contributed by atoms with Crippen molar-refractivity contribution >= 4 is 34.8 Å². The molecule has 2 bridgehead atoms. The van der Waals surface area contributed by atoms with E-state index in [1.54, 1.807) is 37.3 Å². The van der Waals surface area contributed by atoms with Gasteiger partial charge < -0.3 is 9.73 Å². The van der Waals surface area contributed by atoms with E-state index in [2.05, 4.69) is 25.7 Å². The third-order valence-electron chi connectivity index (χ3n) is 7.40. The van der Waals surface area contributed by atoms with E-state index in [0.717, 1.165) is 0 Å². The number of hydrogen-bond acceptors (Lipinski definition) is 7. The SMILES string of the molecule is C[C@@H]1CCCC(c2coc(-c3cc(Cl)ccc3-n3cc(Cl)nn3)cc2=O)c2cc(ccn2)-c2c(cnn2C(F)F)NC1=O. The van der Waals surface area contributed by atoms with Gasteiger partial charge in [0.1, 0.15) is 5.76 Å². The van der Waals surface area contributed by atoms with Gasteiger partial charge in [0.2, 0.25) is 5.91 Å². The fourth-order valence-electron chi connectivity index (χ4n) is 5.24. The molecule has 5 heterocycles. The molecule has 0 radical (unpaired) electrons. The highest BCUT2D eigenvalue weighted by Gasteiger charge is 2.27. The molecule has 220 valence electrons. The zero-order valence-electron chi connectivity index (χ0n) is 22.5. The van der Waals surface area contributed by atoms with E-state index in [4.69, 9.17) is 27.6 Å². The van der Waals surface area contributed by atoms with Gasteiger partial charge in [-0.2, -0.15) is 13.9 Å². The molecule has 1 unspecified atom stereocenters. The van der Waals surface area contributed by atoms with Crippen molar-refractivity contribution in [1.29, 1.82) is 0 Å². The Morgan fingerprint density at radius 3 is 2.70 bits per heavy atom. The predicted molar refractivity (Wildman–Crippen MR) is 156 cm³/mol. The summed E-state index contributed by atoms with van der Waals surface area (Å²) in [5.74, 6) is -1.03. The van der Waals surface area contributed by atoms with Crippen LogP contribution in [0.4, 0.5) is 14.5 Å². The van der Waals surface area contributed by atoms with Crippen LogP contribution in [0.25, 0.3) is 28.3 Å². The zero-order valence-corrected chi connectivity index (χ0v) is 24.1. The molecule has 2 atom stereocenters. The van der Waals surface area contributed by atoms with Gasteiger partial charge in [-0.05, 0) is 43.2 Å². The molecule has 1 aliphatic rings. The third kappa shape index (κ3) is 5.67. The number of alkyl halides is 2. The lowest BCUT2D eigenvalue weighted by molar-refractivity contribution is -0.119. The number of carbonyl (C=O) groups is 1. The lowest BCUT2D eigenvalue weighted by atomic mass is 9.88. The standard InChI is InChI=1S/C29H23Cl2F2N7O3/c1-15-3-2-4-18(21-9-16(7-8-34-21)27-22(36-28(15)42)12-35-40(27)29(32)33)20-14-43-25(11-24(20)41)19-10-17(30)5-6-23(19)39-13-26(31)37-38-39/h5-15,18,29H,2-4H2,1H3,(H,36,42)/t15-,18?/m1/s1. The minimum Gasteiger partial charge on any atom is -0.464 e. The average Bonchev–Trinajstić information content (AvgIpc) is 3.61. The van der Waals surface area contributed by atoms with Crippen LogP contribution in [0, 0.1) is 5.92 Å². The second kappa shape index (κ2) is 11.7. The highest BCUT2D eigenvalue weighted by Crippen LogP contribution is 2.37. The number of benzene rings is 1. The number of fused-ring (bicyclic) bond motifs is 4. The number of rotatable bonds is 4. The van der Waals surface area contributed by atoms with Gasteiger partial charge in [-0.15, -0.1) is 5.10 Å². The van der Waals surface area contributed by atoms with E-state index in [-0.39, 0.29) is 33.6 Å². The molecular weight excluding hydrogens is 603 g/mol. The topological polar surface area (TPSA) is 121 Å². The number of nitrogens with one attached hydrogen (secondary N) is 1. The average molecular weight is 626 g/mol. The fraction of sp³-hybridized carbons (Fsp3) is 0.241. The lowest BCUT2D eigenvalue weighted by Crippen LogP contribution is -2.22. The number of nitrogens with zero attached hydrogens (tertiary/aromatic N) is 6. The van der Waals surface area contributed by atoms with Gasteiger partial charge in [0.15, 0.2) is 10.6 Å². The number of anilines is 1. The number of amides is 1. The maximum absolute atomic E-state index is 13.9. The van der Waals surface area contributed by atoms with Crippen molar-refractivity contribution in [3.8, 4) is 28.3 Å². The highest BCUT2D eigenvalue weighted by molar-refractivity contribution is 6.31. The molecular formula is C29H23Cl2F2N7O3. The maximum Gasteiger partial charge on any atom is 0.333 e. The minimum absolute atomic E-state index is 0.0441. The van der Waals surface area contributed by atoms with Gasteiger partial charge in [0, 0.05) is 51.5 Å². The molecule has 1 amide bonds. The van der Waals surface area contributed by atoms with Crippen molar-refractivity contribution in [3.05, 3.63) is 92.9 Å². The Balaban J connectivity index is 1.45. The number of pyridine rings is 1. The number of halogens is 4. The molecule has 43 heavy (non-hydrogen) atoms. The van der Waals surface area contributed by atoms with Crippen LogP contribution in [-0.4, -0.2) is 35.7 Å². The second-order valence-electron chi connectivity index (χ2n) is 10.2. The van der Waals surface area contributed by atoms with Crippen LogP contribution in [0.1, 0.15) is 49.9 Å². The number of hydrogen-bond donors (Lipinski definition) is 1. The van der Waals surface area contributed by atoms with Crippen LogP contribution in [0.3, 0.4) is 0 Å². The maximum atomic E-state index is 13.9. The fourth-order valence-corrected chi connectivity index (χ4v) is 5.54. The minimum atomic E-state index is -2.94. The van der Waals surface area contributed by atoms with E-state index in [1.807, 2.05) is 0 Å². The molecule has 1 aromatic carbocycles. The molecule has 0 saturated heterocycles.